The molecule has 5 rings (SSSR count). The molecule has 0 bridgehead atoms. The number of likely N-dealkylation sites (tertiary alicyclic amines) is 1. The van der Waals surface area contributed by atoms with E-state index in [4.69, 9.17) is 21.3 Å². The monoisotopic (exact) mass is 520 g/mol. The zero-order valence-corrected chi connectivity index (χ0v) is 21.1. The third kappa shape index (κ3) is 4.94. The summed E-state index contributed by atoms with van der Waals surface area (Å²) in [6.45, 7) is 3.25. The highest BCUT2D eigenvalue weighted by Gasteiger charge is 2.35. The Morgan fingerprint density at radius 1 is 1.05 bits per heavy atom. The maximum Gasteiger partial charge on any atom is 0.326 e. The summed E-state index contributed by atoms with van der Waals surface area (Å²) < 4.78 is 35.3. The van der Waals surface area contributed by atoms with Crippen LogP contribution in [0.3, 0.4) is 0 Å². The van der Waals surface area contributed by atoms with E-state index in [1.807, 2.05) is 29.2 Å². The van der Waals surface area contributed by atoms with Crippen molar-refractivity contribution >= 4 is 44.2 Å². The summed E-state index contributed by atoms with van der Waals surface area (Å²) in [6.07, 6.45) is 1.47. The average Bonchev–Trinajstić information content (AvgIpc) is 2.86. The number of ether oxygens (including phenoxy) is 1. The highest BCUT2D eigenvalue weighted by atomic mass is 32.2. The minimum atomic E-state index is -4.10. The molecule has 1 amide bonds. The first kappa shape index (κ1) is 24.6. The van der Waals surface area contributed by atoms with Crippen LogP contribution in [0.25, 0.3) is 10.8 Å². The number of fused-ring (bicyclic) bond motifs is 2. The van der Waals surface area contributed by atoms with Crippen molar-refractivity contribution in [3.05, 3.63) is 71.3 Å². The van der Waals surface area contributed by atoms with Gasteiger partial charge in [0.05, 0.1) is 23.6 Å². The van der Waals surface area contributed by atoms with Crippen molar-refractivity contribution in [2.75, 3.05) is 17.4 Å². The molecule has 0 spiro atoms. The first-order valence-electron chi connectivity index (χ1n) is 11.9. The molecule has 10 nitrogen and oxygen atoms in total. The number of hydrogen-bond donors (Lipinski definition) is 4. The van der Waals surface area contributed by atoms with Gasteiger partial charge in [-0.1, -0.05) is 24.3 Å². The van der Waals surface area contributed by atoms with Crippen LogP contribution in [0.5, 0.6) is 5.75 Å². The molecule has 1 fully saturated rings. The Balaban J connectivity index is 1.41. The number of rotatable bonds is 5. The van der Waals surface area contributed by atoms with E-state index in [9.17, 15) is 13.2 Å². The highest BCUT2D eigenvalue weighted by molar-refractivity contribution is 7.91. The van der Waals surface area contributed by atoms with Crippen molar-refractivity contribution in [1.29, 1.82) is 10.8 Å². The van der Waals surface area contributed by atoms with E-state index < -0.39 is 16.1 Å². The van der Waals surface area contributed by atoms with Crippen LogP contribution >= 0.6 is 0 Å². The van der Waals surface area contributed by atoms with Crippen LogP contribution in [0.2, 0.25) is 0 Å². The number of nitrogen functional groups attached to an aromatic ring is 1. The van der Waals surface area contributed by atoms with Crippen molar-refractivity contribution in [3.63, 3.8) is 0 Å². The zero-order chi connectivity index (χ0) is 26.3. The standard InChI is InChI=1S/C26H28N6O4S/c1-16(27)31-10-8-21(9-11-31)36-22-6-7-24-23(14-22)26(33)30-37(34,35)32(24)15-17-2-3-18-4-5-19(25(28)29)13-20(18)12-17/h2-7,12-14,21,27H,8-11,15H2,1H3,(H3,28,29)(H,30,33). The topological polar surface area (TPSA) is 153 Å². The summed E-state index contributed by atoms with van der Waals surface area (Å²) in [4.78, 5) is 14.7. The van der Waals surface area contributed by atoms with Crippen LogP contribution in [0.15, 0.2) is 54.6 Å². The van der Waals surface area contributed by atoms with Crippen molar-refractivity contribution in [2.45, 2.75) is 32.4 Å². The number of amidine groups is 2. The second-order valence-electron chi connectivity index (χ2n) is 9.32. The first-order chi connectivity index (χ1) is 17.6. The van der Waals surface area contributed by atoms with Gasteiger partial charge in [0.25, 0.3) is 5.91 Å². The molecule has 2 heterocycles. The number of hydrogen-bond acceptors (Lipinski definition) is 6. The molecule has 3 aromatic carbocycles. The number of piperidine rings is 1. The molecule has 2 aliphatic rings. The maximum absolute atomic E-state index is 12.9. The molecule has 0 saturated carbocycles. The van der Waals surface area contributed by atoms with Gasteiger partial charge in [-0.2, -0.15) is 8.42 Å². The van der Waals surface area contributed by atoms with Gasteiger partial charge in [-0.3, -0.25) is 15.6 Å². The molecule has 192 valence electrons. The molecule has 3 aromatic rings. The van der Waals surface area contributed by atoms with Gasteiger partial charge in [0.2, 0.25) is 0 Å². The minimum Gasteiger partial charge on any atom is -0.490 e. The molecule has 0 atom stereocenters. The second kappa shape index (κ2) is 9.40. The summed E-state index contributed by atoms with van der Waals surface area (Å²) in [5.41, 5.74) is 7.42. The van der Waals surface area contributed by atoms with Crippen LogP contribution in [0.4, 0.5) is 5.69 Å². The Labute approximate surface area is 215 Å². The van der Waals surface area contributed by atoms with Crippen LogP contribution < -0.4 is 19.5 Å². The third-order valence-corrected chi connectivity index (χ3v) is 8.10. The fourth-order valence-electron chi connectivity index (χ4n) is 4.74. The normalized spacial score (nSPS) is 17.3. The predicted octanol–water partition coefficient (Wildman–Crippen LogP) is 2.96. The predicted molar refractivity (Wildman–Crippen MR) is 143 cm³/mol. The fourth-order valence-corrected chi connectivity index (χ4v) is 5.94. The Bertz CT molecular complexity index is 1530. The van der Waals surface area contributed by atoms with Crippen LogP contribution in [0, 0.1) is 10.8 Å². The highest BCUT2D eigenvalue weighted by Crippen LogP contribution is 2.33. The van der Waals surface area contributed by atoms with Gasteiger partial charge in [0.1, 0.15) is 17.7 Å². The molecule has 1 saturated heterocycles. The molecule has 0 radical (unpaired) electrons. The lowest BCUT2D eigenvalue weighted by molar-refractivity contribution is 0.0977. The molecule has 11 heteroatoms. The van der Waals surface area contributed by atoms with Gasteiger partial charge < -0.3 is 15.4 Å². The number of amides is 1. The third-order valence-electron chi connectivity index (χ3n) is 6.75. The summed E-state index contributed by atoms with van der Waals surface area (Å²) in [6, 6.07) is 15.9. The number of carbonyl (C=O) groups excluding carboxylic acids is 1. The first-order valence-corrected chi connectivity index (χ1v) is 13.4. The van der Waals surface area contributed by atoms with Gasteiger partial charge in [0.15, 0.2) is 0 Å². The van der Waals surface area contributed by atoms with Gasteiger partial charge in [-0.15, -0.1) is 0 Å². The summed E-state index contributed by atoms with van der Waals surface area (Å²) in [7, 11) is -4.10. The smallest absolute Gasteiger partial charge is 0.326 e. The van der Waals surface area contributed by atoms with Crippen molar-refractivity contribution in [3.8, 4) is 5.75 Å². The van der Waals surface area contributed by atoms with Gasteiger partial charge in [-0.05, 0) is 53.6 Å². The molecule has 37 heavy (non-hydrogen) atoms. The number of anilines is 1. The van der Waals surface area contributed by atoms with E-state index in [0.717, 1.165) is 36.7 Å². The van der Waals surface area contributed by atoms with Crippen LogP contribution in [-0.2, 0) is 16.8 Å². The van der Waals surface area contributed by atoms with E-state index in [-0.39, 0.29) is 29.7 Å². The van der Waals surface area contributed by atoms with Gasteiger partial charge in [-0.25, -0.2) is 9.03 Å². The Kier molecular flexibility index (Phi) is 6.24. The van der Waals surface area contributed by atoms with E-state index >= 15 is 0 Å². The zero-order valence-electron chi connectivity index (χ0n) is 20.3. The average molecular weight is 521 g/mol. The summed E-state index contributed by atoms with van der Waals surface area (Å²) >= 11 is 0. The van der Waals surface area contributed by atoms with Gasteiger partial charge >= 0.3 is 10.2 Å². The minimum absolute atomic E-state index is 0.0114. The van der Waals surface area contributed by atoms with Crippen LogP contribution in [0.1, 0.15) is 41.3 Å². The number of benzene rings is 3. The van der Waals surface area contributed by atoms with Crippen LogP contribution in [-0.4, -0.2) is 50.1 Å². The lowest BCUT2D eigenvalue weighted by Gasteiger charge is -2.33. The maximum atomic E-state index is 12.9. The number of carbonyl (C=O) groups is 1. The van der Waals surface area contributed by atoms with E-state index in [0.29, 0.717) is 22.7 Å². The Morgan fingerprint density at radius 3 is 2.49 bits per heavy atom. The molecule has 0 aromatic heterocycles. The number of nitrogens with one attached hydrogen (secondary N) is 3. The number of nitrogens with zero attached hydrogens (tertiary/aromatic N) is 2. The lowest BCUT2D eigenvalue weighted by atomic mass is 10.0. The quantitative estimate of drug-likeness (QED) is 0.300. The van der Waals surface area contributed by atoms with Gasteiger partial charge in [0, 0.05) is 31.5 Å². The largest absolute Gasteiger partial charge is 0.490 e. The fraction of sp³-hybridized carbons (Fsp3) is 0.269. The van der Waals surface area contributed by atoms with Crippen molar-refractivity contribution < 1.29 is 17.9 Å². The van der Waals surface area contributed by atoms with E-state index in [1.54, 1.807) is 37.3 Å². The molecule has 5 N–H and O–H groups in total. The lowest BCUT2D eigenvalue weighted by Crippen LogP contribution is -2.48. The molecular formula is C26H28N6O4S. The van der Waals surface area contributed by atoms with Crippen molar-refractivity contribution in [2.24, 2.45) is 5.73 Å². The summed E-state index contributed by atoms with van der Waals surface area (Å²) in [5, 5.41) is 17.2. The van der Waals surface area contributed by atoms with E-state index in [2.05, 4.69) is 4.72 Å². The number of nitrogens with two attached hydrogens (primary N) is 1. The summed E-state index contributed by atoms with van der Waals surface area (Å²) in [5.74, 6) is 0.295. The molecule has 2 aliphatic heterocycles. The Hall–Kier alpha value is -4.12. The molecular weight excluding hydrogens is 492 g/mol. The SMILES string of the molecule is CC(=N)N1CCC(Oc2ccc3c(c2)C(=O)NS(=O)(=O)N3Cc2ccc3ccc(C(=N)N)cc3c2)CC1. The Morgan fingerprint density at radius 2 is 1.78 bits per heavy atom. The second-order valence-corrected chi connectivity index (χ2v) is 10.9. The molecule has 0 unspecified atom stereocenters. The molecule has 0 aliphatic carbocycles. The van der Waals surface area contributed by atoms with Crippen molar-refractivity contribution in [1.82, 2.24) is 9.62 Å². The van der Waals surface area contributed by atoms with E-state index in [1.165, 1.54) is 4.31 Å².